The maximum absolute atomic E-state index is 13.9. The highest BCUT2D eigenvalue weighted by atomic mass is 32.1. The highest BCUT2D eigenvalue weighted by molar-refractivity contribution is 7.09. The van der Waals surface area contributed by atoms with Gasteiger partial charge in [-0.05, 0) is 12.5 Å². The van der Waals surface area contributed by atoms with Crippen LogP contribution < -0.4 is 0 Å². The Morgan fingerprint density at radius 2 is 2.38 bits per heavy atom. The first-order chi connectivity index (χ1) is 11.5. The van der Waals surface area contributed by atoms with E-state index in [-0.39, 0.29) is 18.4 Å². The monoisotopic (exact) mass is 351 g/mol. The zero-order valence-corrected chi connectivity index (χ0v) is 14.7. The van der Waals surface area contributed by atoms with Gasteiger partial charge >= 0.3 is 0 Å². The Morgan fingerprint density at radius 3 is 3.04 bits per heavy atom. The number of aryl methyl sites for hydroxylation is 1. The zero-order chi connectivity index (χ0) is 17.1. The van der Waals surface area contributed by atoms with Crippen molar-refractivity contribution in [1.29, 1.82) is 0 Å². The molecule has 24 heavy (non-hydrogen) atoms. The van der Waals surface area contributed by atoms with Gasteiger partial charge in [0.15, 0.2) is 0 Å². The summed E-state index contributed by atoms with van der Waals surface area (Å²) in [6, 6.07) is 1.87. The highest BCUT2D eigenvalue weighted by Gasteiger charge is 2.33. The van der Waals surface area contributed by atoms with Crippen molar-refractivity contribution >= 4 is 17.2 Å². The number of likely N-dealkylation sites (N-methyl/N-ethyl adjacent to an activating group) is 1. The maximum Gasteiger partial charge on any atom is 0.228 e. The lowest BCUT2D eigenvalue weighted by Crippen LogP contribution is -2.41. The van der Waals surface area contributed by atoms with Gasteiger partial charge in [-0.15, -0.1) is 11.3 Å². The van der Waals surface area contributed by atoms with E-state index in [1.165, 1.54) is 0 Å². The first-order valence-corrected chi connectivity index (χ1v) is 8.88. The lowest BCUT2D eigenvalue weighted by atomic mass is 10.2. The van der Waals surface area contributed by atoms with Crippen LogP contribution in [-0.2, 0) is 24.8 Å². The smallest absolute Gasteiger partial charge is 0.228 e. The first-order valence-electron chi connectivity index (χ1n) is 8.00. The Hall–Kier alpha value is -1.80. The van der Waals surface area contributed by atoms with Crippen LogP contribution in [0.5, 0.6) is 0 Å². The minimum absolute atomic E-state index is 0.00482. The van der Waals surface area contributed by atoms with E-state index in [2.05, 4.69) is 15.0 Å². The van der Waals surface area contributed by atoms with Gasteiger partial charge in [-0.25, -0.2) is 9.37 Å². The molecule has 1 aliphatic rings. The number of aromatic nitrogens is 3. The van der Waals surface area contributed by atoms with Crippen LogP contribution in [0.15, 0.2) is 23.8 Å². The molecule has 2 aromatic heterocycles. The normalized spacial score (nSPS) is 21.3. The summed E-state index contributed by atoms with van der Waals surface area (Å²) in [7, 11) is 3.60. The number of nitrogens with zero attached hydrogens (tertiary/aromatic N) is 5. The van der Waals surface area contributed by atoms with Crippen LogP contribution in [-0.4, -0.2) is 62.8 Å². The standard InChI is InChI=1S/C16H22FN5OS/c1-20(16(23)8-13-3-5-21(2)19-13)10-14-7-12(17)9-22(14)11-15-18-4-6-24-15/h3-6,12,14H,7-11H2,1-2H3/t12-,14-/m0/s1. The summed E-state index contributed by atoms with van der Waals surface area (Å²) in [6.07, 6.45) is 3.49. The van der Waals surface area contributed by atoms with E-state index >= 15 is 0 Å². The number of rotatable bonds is 6. The van der Waals surface area contributed by atoms with Crippen LogP contribution in [0.4, 0.5) is 4.39 Å². The fraction of sp³-hybridized carbons (Fsp3) is 0.562. The molecule has 0 aromatic carbocycles. The molecule has 2 atom stereocenters. The fourth-order valence-corrected chi connectivity index (χ4v) is 3.72. The summed E-state index contributed by atoms with van der Waals surface area (Å²) in [4.78, 5) is 20.4. The van der Waals surface area contributed by atoms with Crippen molar-refractivity contribution in [1.82, 2.24) is 24.6 Å². The number of hydrogen-bond acceptors (Lipinski definition) is 5. The summed E-state index contributed by atoms with van der Waals surface area (Å²) in [6.45, 7) is 1.58. The third-order valence-corrected chi connectivity index (χ3v) is 5.07. The number of carbonyl (C=O) groups excluding carboxylic acids is 1. The lowest BCUT2D eigenvalue weighted by molar-refractivity contribution is -0.129. The summed E-state index contributed by atoms with van der Waals surface area (Å²) in [5.74, 6) is 0.00482. The predicted molar refractivity (Wildman–Crippen MR) is 90.4 cm³/mol. The van der Waals surface area contributed by atoms with E-state index in [1.54, 1.807) is 34.2 Å². The second-order valence-corrected chi connectivity index (χ2v) is 7.25. The largest absolute Gasteiger partial charge is 0.344 e. The summed E-state index contributed by atoms with van der Waals surface area (Å²) in [5.41, 5.74) is 0.754. The maximum atomic E-state index is 13.9. The number of carbonyl (C=O) groups is 1. The Bertz CT molecular complexity index is 674. The second-order valence-electron chi connectivity index (χ2n) is 6.27. The Labute approximate surface area is 144 Å². The van der Waals surface area contributed by atoms with Crippen LogP contribution in [0, 0.1) is 0 Å². The molecule has 0 N–H and O–H groups in total. The van der Waals surface area contributed by atoms with E-state index in [0.717, 1.165) is 10.7 Å². The summed E-state index contributed by atoms with van der Waals surface area (Å²) >= 11 is 1.58. The van der Waals surface area contributed by atoms with Crippen LogP contribution >= 0.6 is 11.3 Å². The molecule has 0 spiro atoms. The summed E-state index contributed by atoms with van der Waals surface area (Å²) in [5, 5.41) is 7.14. The molecule has 8 heteroatoms. The molecular weight excluding hydrogens is 329 g/mol. The second kappa shape index (κ2) is 7.40. The molecule has 0 unspecified atom stereocenters. The summed E-state index contributed by atoms with van der Waals surface area (Å²) < 4.78 is 15.6. The van der Waals surface area contributed by atoms with Gasteiger partial charge in [0.1, 0.15) is 11.2 Å². The van der Waals surface area contributed by atoms with E-state index < -0.39 is 6.17 Å². The van der Waals surface area contributed by atoms with E-state index in [0.29, 0.717) is 26.1 Å². The molecule has 6 nitrogen and oxygen atoms in total. The number of amides is 1. The van der Waals surface area contributed by atoms with Gasteiger partial charge in [-0.2, -0.15) is 5.10 Å². The molecule has 3 rings (SSSR count). The highest BCUT2D eigenvalue weighted by Crippen LogP contribution is 2.24. The van der Waals surface area contributed by atoms with Crippen molar-refractivity contribution in [2.24, 2.45) is 7.05 Å². The average molecular weight is 351 g/mol. The first kappa shape index (κ1) is 17.0. The Kier molecular flexibility index (Phi) is 5.25. The van der Waals surface area contributed by atoms with Gasteiger partial charge in [-0.1, -0.05) is 0 Å². The molecule has 1 fully saturated rings. The minimum atomic E-state index is -0.839. The quantitative estimate of drug-likeness (QED) is 0.791. The van der Waals surface area contributed by atoms with Gasteiger partial charge in [-0.3, -0.25) is 14.4 Å². The van der Waals surface area contributed by atoms with Gasteiger partial charge in [0.25, 0.3) is 0 Å². The molecule has 0 radical (unpaired) electrons. The van der Waals surface area contributed by atoms with Crippen molar-refractivity contribution in [2.75, 3.05) is 20.1 Å². The molecule has 2 aromatic rings. The zero-order valence-electron chi connectivity index (χ0n) is 13.9. The lowest BCUT2D eigenvalue weighted by Gasteiger charge is -2.27. The number of likely N-dealkylation sites (tertiary alicyclic amines) is 1. The van der Waals surface area contributed by atoms with Crippen LogP contribution in [0.1, 0.15) is 17.1 Å². The van der Waals surface area contributed by atoms with E-state index in [4.69, 9.17) is 0 Å². The molecule has 0 saturated carbocycles. The SMILES string of the molecule is CN(C[C@@H]1C[C@H](F)CN1Cc1nccs1)C(=O)Cc1ccn(C)n1. The predicted octanol–water partition coefficient (Wildman–Crippen LogP) is 1.49. The van der Waals surface area contributed by atoms with E-state index in [1.807, 2.05) is 24.7 Å². The van der Waals surface area contributed by atoms with Crippen LogP contribution in [0.2, 0.25) is 0 Å². The van der Waals surface area contributed by atoms with Crippen molar-refractivity contribution in [2.45, 2.75) is 31.6 Å². The molecule has 1 aliphatic heterocycles. The fourth-order valence-electron chi connectivity index (χ4n) is 3.08. The molecule has 3 heterocycles. The number of thiazole rings is 1. The van der Waals surface area contributed by atoms with Crippen molar-refractivity contribution in [3.63, 3.8) is 0 Å². The van der Waals surface area contributed by atoms with Gasteiger partial charge in [0.05, 0.1) is 18.7 Å². The van der Waals surface area contributed by atoms with Crippen molar-refractivity contribution in [3.8, 4) is 0 Å². The molecule has 0 bridgehead atoms. The topological polar surface area (TPSA) is 54.3 Å². The van der Waals surface area contributed by atoms with Gasteiger partial charge in [0, 0.05) is 51.0 Å². The van der Waals surface area contributed by atoms with Crippen LogP contribution in [0.25, 0.3) is 0 Å². The number of halogens is 1. The molecule has 130 valence electrons. The van der Waals surface area contributed by atoms with Crippen molar-refractivity contribution < 1.29 is 9.18 Å². The molecule has 1 amide bonds. The average Bonchev–Trinajstić information content (AvgIpc) is 3.24. The minimum Gasteiger partial charge on any atom is -0.344 e. The molecule has 1 saturated heterocycles. The van der Waals surface area contributed by atoms with Crippen molar-refractivity contribution in [3.05, 3.63) is 34.5 Å². The van der Waals surface area contributed by atoms with E-state index in [9.17, 15) is 9.18 Å². The third kappa shape index (κ3) is 4.18. The molecule has 0 aliphatic carbocycles. The van der Waals surface area contributed by atoms with Crippen LogP contribution in [0.3, 0.4) is 0 Å². The molecular formula is C16H22FN5OS. The Morgan fingerprint density at radius 1 is 1.54 bits per heavy atom. The Balaban J connectivity index is 1.57. The third-order valence-electron chi connectivity index (χ3n) is 4.31. The van der Waals surface area contributed by atoms with Gasteiger partial charge < -0.3 is 4.90 Å². The number of alkyl halides is 1. The number of hydrogen-bond donors (Lipinski definition) is 0. The van der Waals surface area contributed by atoms with Gasteiger partial charge in [0.2, 0.25) is 5.91 Å².